The van der Waals surface area contributed by atoms with Gasteiger partial charge in [0, 0.05) is 13.0 Å². The lowest BCUT2D eigenvalue weighted by Crippen LogP contribution is -2.47. The molecule has 132 valence electrons. The van der Waals surface area contributed by atoms with E-state index in [1.807, 2.05) is 6.92 Å². The number of nitrogens with one attached hydrogen (secondary N) is 2. The Morgan fingerprint density at radius 3 is 1.95 bits per heavy atom. The molecule has 0 spiro atoms. The number of hydrogen-bond donors (Lipinski definition) is 4. The van der Waals surface area contributed by atoms with E-state index in [2.05, 4.69) is 17.6 Å². The lowest BCUT2D eigenvalue weighted by molar-refractivity contribution is -0.122. The summed E-state index contributed by atoms with van der Waals surface area (Å²) in [5.41, 5.74) is 0. The van der Waals surface area contributed by atoms with Crippen molar-refractivity contribution < 1.29 is 15.0 Å². The van der Waals surface area contributed by atoms with E-state index in [1.54, 1.807) is 0 Å². The van der Waals surface area contributed by atoms with Crippen LogP contribution in [0.1, 0.15) is 84.5 Å². The number of aliphatic hydroxyl groups excluding tert-OH is 1. The molecule has 5 nitrogen and oxygen atoms in total. The third-order valence-electron chi connectivity index (χ3n) is 3.80. The maximum atomic E-state index is 11.8. The van der Waals surface area contributed by atoms with Gasteiger partial charge in [-0.25, -0.2) is 0 Å². The molecule has 0 radical (unpaired) electrons. The number of carbonyl (C=O) groups is 1. The summed E-state index contributed by atoms with van der Waals surface area (Å²) in [6, 6.07) is 0. The van der Waals surface area contributed by atoms with Crippen LogP contribution in [0.5, 0.6) is 0 Å². The fourth-order valence-corrected chi connectivity index (χ4v) is 2.41. The van der Waals surface area contributed by atoms with Gasteiger partial charge in [0.1, 0.15) is 0 Å². The van der Waals surface area contributed by atoms with E-state index >= 15 is 0 Å². The molecule has 0 aromatic carbocycles. The van der Waals surface area contributed by atoms with Crippen LogP contribution in [0, 0.1) is 0 Å². The van der Waals surface area contributed by atoms with Crippen molar-refractivity contribution in [3.05, 3.63) is 0 Å². The highest BCUT2D eigenvalue weighted by molar-refractivity contribution is 5.76. The molecule has 0 saturated heterocycles. The van der Waals surface area contributed by atoms with E-state index in [1.165, 1.54) is 44.9 Å². The number of amides is 1. The first kappa shape index (κ1) is 21.4. The zero-order chi connectivity index (χ0) is 16.6. The highest BCUT2D eigenvalue weighted by Crippen LogP contribution is 2.10. The van der Waals surface area contributed by atoms with Crippen LogP contribution < -0.4 is 10.6 Å². The summed E-state index contributed by atoms with van der Waals surface area (Å²) in [7, 11) is 0. The Morgan fingerprint density at radius 1 is 0.909 bits per heavy atom. The van der Waals surface area contributed by atoms with Gasteiger partial charge in [-0.2, -0.15) is 0 Å². The Morgan fingerprint density at radius 2 is 1.45 bits per heavy atom. The Hall–Kier alpha value is -0.650. The van der Waals surface area contributed by atoms with Gasteiger partial charge in [0.05, 0.1) is 6.17 Å². The van der Waals surface area contributed by atoms with Crippen molar-refractivity contribution in [2.75, 3.05) is 6.54 Å². The van der Waals surface area contributed by atoms with Gasteiger partial charge in [0.2, 0.25) is 5.91 Å². The molecule has 0 aromatic heterocycles. The van der Waals surface area contributed by atoms with Crippen molar-refractivity contribution in [2.45, 2.75) is 96.9 Å². The van der Waals surface area contributed by atoms with Crippen LogP contribution in [-0.4, -0.2) is 35.1 Å². The van der Waals surface area contributed by atoms with E-state index in [9.17, 15) is 4.79 Å². The molecular weight excluding hydrogens is 280 g/mol. The van der Waals surface area contributed by atoms with Gasteiger partial charge in [-0.1, -0.05) is 65.2 Å². The first-order chi connectivity index (χ1) is 10.6. The van der Waals surface area contributed by atoms with Crippen molar-refractivity contribution in [3.8, 4) is 0 Å². The first-order valence-electron chi connectivity index (χ1n) is 8.99. The number of aliphatic hydroxyl groups is 2. The number of carbonyl (C=O) groups excluding carboxylic acids is 1. The average Bonchev–Trinajstić information content (AvgIpc) is 2.49. The fraction of sp³-hybridized carbons (Fsp3) is 0.941. The molecular formula is C17H36N2O3. The molecule has 22 heavy (non-hydrogen) atoms. The van der Waals surface area contributed by atoms with Crippen LogP contribution in [0.2, 0.25) is 0 Å². The minimum Gasteiger partial charge on any atom is -0.367 e. The Bertz CT molecular complexity index is 260. The van der Waals surface area contributed by atoms with Crippen LogP contribution in [0.25, 0.3) is 0 Å². The predicted molar refractivity (Wildman–Crippen MR) is 90.3 cm³/mol. The molecule has 0 heterocycles. The molecule has 4 N–H and O–H groups in total. The zero-order valence-corrected chi connectivity index (χ0v) is 14.4. The minimum absolute atomic E-state index is 0.0368. The van der Waals surface area contributed by atoms with Crippen molar-refractivity contribution in [2.24, 2.45) is 0 Å². The van der Waals surface area contributed by atoms with Gasteiger partial charge in [0.15, 0.2) is 6.29 Å². The Balaban J connectivity index is 3.47. The van der Waals surface area contributed by atoms with Crippen molar-refractivity contribution in [1.82, 2.24) is 10.6 Å². The molecule has 0 rings (SSSR count). The number of rotatable bonds is 15. The van der Waals surface area contributed by atoms with E-state index in [0.717, 1.165) is 19.3 Å². The molecule has 0 saturated carbocycles. The van der Waals surface area contributed by atoms with Crippen LogP contribution in [0.3, 0.4) is 0 Å². The van der Waals surface area contributed by atoms with Crippen LogP contribution in [0.4, 0.5) is 0 Å². The second kappa shape index (κ2) is 15.3. The van der Waals surface area contributed by atoms with E-state index in [4.69, 9.17) is 10.2 Å². The predicted octanol–water partition coefficient (Wildman–Crippen LogP) is 2.66. The topological polar surface area (TPSA) is 81.6 Å². The fourth-order valence-electron chi connectivity index (χ4n) is 2.41. The highest BCUT2D eigenvalue weighted by Gasteiger charge is 2.10. The summed E-state index contributed by atoms with van der Waals surface area (Å²) in [5.74, 6) is 0.0368. The minimum atomic E-state index is -1.39. The van der Waals surface area contributed by atoms with Crippen LogP contribution >= 0.6 is 0 Å². The highest BCUT2D eigenvalue weighted by atomic mass is 16.5. The van der Waals surface area contributed by atoms with Crippen molar-refractivity contribution >= 4 is 5.91 Å². The quantitative estimate of drug-likeness (QED) is 0.276. The molecule has 0 fully saturated rings. The molecule has 0 aromatic rings. The molecule has 1 amide bonds. The molecule has 0 bridgehead atoms. The van der Waals surface area contributed by atoms with Crippen LogP contribution in [-0.2, 0) is 4.79 Å². The SMILES string of the molecule is CCCCCCCCCCCC(=O)NC(CC)NCC(O)O. The Labute approximate surface area is 135 Å². The summed E-state index contributed by atoms with van der Waals surface area (Å²) in [6.45, 7) is 4.24. The molecule has 1 atom stereocenters. The molecule has 1 unspecified atom stereocenters. The van der Waals surface area contributed by atoms with E-state index in [-0.39, 0.29) is 18.6 Å². The molecule has 0 aliphatic heterocycles. The van der Waals surface area contributed by atoms with Crippen LogP contribution in [0.15, 0.2) is 0 Å². The smallest absolute Gasteiger partial charge is 0.221 e. The molecule has 0 aliphatic rings. The van der Waals surface area contributed by atoms with Crippen molar-refractivity contribution in [3.63, 3.8) is 0 Å². The van der Waals surface area contributed by atoms with E-state index in [0.29, 0.717) is 6.42 Å². The second-order valence-electron chi connectivity index (χ2n) is 6.00. The third-order valence-corrected chi connectivity index (χ3v) is 3.80. The monoisotopic (exact) mass is 316 g/mol. The maximum absolute atomic E-state index is 11.8. The average molecular weight is 316 g/mol. The first-order valence-corrected chi connectivity index (χ1v) is 8.99. The van der Waals surface area contributed by atoms with Gasteiger partial charge in [-0.05, 0) is 12.8 Å². The van der Waals surface area contributed by atoms with Crippen molar-refractivity contribution in [1.29, 1.82) is 0 Å². The lowest BCUT2D eigenvalue weighted by atomic mass is 10.1. The normalized spacial score (nSPS) is 12.6. The summed E-state index contributed by atoms with van der Waals surface area (Å²) in [5, 5.41) is 23.4. The standard InChI is InChI=1S/C17H36N2O3/c1-3-5-6-7-8-9-10-11-12-13-16(20)19-15(4-2)18-14-17(21)22/h15,17-18,21-22H,3-14H2,1-2H3,(H,19,20). The van der Waals surface area contributed by atoms with Gasteiger partial charge in [0.25, 0.3) is 0 Å². The summed E-state index contributed by atoms with van der Waals surface area (Å²) in [6.07, 6.45) is 10.9. The van der Waals surface area contributed by atoms with Gasteiger partial charge >= 0.3 is 0 Å². The Kier molecular flexibility index (Phi) is 14.8. The largest absolute Gasteiger partial charge is 0.367 e. The van der Waals surface area contributed by atoms with E-state index < -0.39 is 6.29 Å². The van der Waals surface area contributed by atoms with Gasteiger partial charge in [-0.3, -0.25) is 10.1 Å². The summed E-state index contributed by atoms with van der Waals surface area (Å²) < 4.78 is 0. The number of unbranched alkanes of at least 4 members (excludes halogenated alkanes) is 8. The lowest BCUT2D eigenvalue weighted by Gasteiger charge is -2.19. The number of hydrogen-bond acceptors (Lipinski definition) is 4. The maximum Gasteiger partial charge on any atom is 0.221 e. The van der Waals surface area contributed by atoms with Gasteiger partial charge in [-0.15, -0.1) is 0 Å². The molecule has 5 heteroatoms. The summed E-state index contributed by atoms with van der Waals surface area (Å²) in [4.78, 5) is 11.8. The zero-order valence-electron chi connectivity index (χ0n) is 14.4. The van der Waals surface area contributed by atoms with Gasteiger partial charge < -0.3 is 15.5 Å². The molecule has 0 aliphatic carbocycles. The second-order valence-corrected chi connectivity index (χ2v) is 6.00. The summed E-state index contributed by atoms with van der Waals surface area (Å²) >= 11 is 0. The third kappa shape index (κ3) is 14.3.